The highest BCUT2D eigenvalue weighted by atomic mass is 16.5. The van der Waals surface area contributed by atoms with Crippen molar-refractivity contribution in [2.75, 3.05) is 21.2 Å². The van der Waals surface area contributed by atoms with Crippen molar-refractivity contribution in [3.05, 3.63) is 29.7 Å². The average molecular weight is 233 g/mol. The Morgan fingerprint density at radius 2 is 2.18 bits per heavy atom. The van der Waals surface area contributed by atoms with E-state index in [0.29, 0.717) is 22.8 Å². The fourth-order valence-corrected chi connectivity index (χ4v) is 1.78. The Morgan fingerprint density at radius 3 is 2.76 bits per heavy atom. The largest absolute Gasteiger partial charge is 0.493 e. The summed E-state index contributed by atoms with van der Waals surface area (Å²) in [7, 11) is 5.04. The molecule has 5 nitrogen and oxygen atoms in total. The lowest BCUT2D eigenvalue weighted by atomic mass is 10.3. The van der Waals surface area contributed by atoms with Crippen molar-refractivity contribution in [2.24, 2.45) is 0 Å². The van der Waals surface area contributed by atoms with Crippen LogP contribution in [0.1, 0.15) is 16.2 Å². The normalized spacial score (nSPS) is 10.6. The van der Waals surface area contributed by atoms with E-state index in [2.05, 4.69) is 4.98 Å². The van der Waals surface area contributed by atoms with Gasteiger partial charge in [-0.25, -0.2) is 4.98 Å². The first-order valence-corrected chi connectivity index (χ1v) is 5.29. The van der Waals surface area contributed by atoms with Crippen LogP contribution >= 0.6 is 0 Å². The van der Waals surface area contributed by atoms with Crippen molar-refractivity contribution in [3.63, 3.8) is 0 Å². The number of imidazole rings is 1. The zero-order valence-electron chi connectivity index (χ0n) is 10.4. The van der Waals surface area contributed by atoms with Crippen LogP contribution in [-0.4, -0.2) is 41.4 Å². The molecule has 2 aromatic heterocycles. The van der Waals surface area contributed by atoms with Crippen molar-refractivity contribution in [1.82, 2.24) is 14.3 Å². The van der Waals surface area contributed by atoms with Crippen LogP contribution in [-0.2, 0) is 0 Å². The van der Waals surface area contributed by atoms with E-state index < -0.39 is 0 Å². The van der Waals surface area contributed by atoms with E-state index in [4.69, 9.17) is 4.74 Å². The van der Waals surface area contributed by atoms with Gasteiger partial charge in [-0.3, -0.25) is 9.20 Å². The standard InChI is InChI=1S/C12H15N3O2/c1-8-10(12(16)14(2)3)15-7-5-6-9(17-4)11(15)13-8/h5-7H,1-4H3. The number of nitrogens with zero attached hydrogens (tertiary/aromatic N) is 3. The van der Waals surface area contributed by atoms with E-state index in [1.807, 2.05) is 25.3 Å². The maximum atomic E-state index is 12.1. The lowest BCUT2D eigenvalue weighted by Gasteiger charge is -2.10. The molecule has 0 N–H and O–H groups in total. The molecule has 1 amide bonds. The third-order valence-electron chi connectivity index (χ3n) is 2.62. The molecule has 0 saturated carbocycles. The molecule has 5 heteroatoms. The molecule has 0 unspecified atom stereocenters. The van der Waals surface area contributed by atoms with Gasteiger partial charge in [-0.05, 0) is 19.1 Å². The first-order chi connectivity index (χ1) is 8.06. The van der Waals surface area contributed by atoms with Gasteiger partial charge in [0, 0.05) is 20.3 Å². The number of amides is 1. The molecule has 0 aromatic carbocycles. The summed E-state index contributed by atoms with van der Waals surface area (Å²) < 4.78 is 6.99. The van der Waals surface area contributed by atoms with Gasteiger partial charge in [-0.1, -0.05) is 0 Å². The van der Waals surface area contributed by atoms with Gasteiger partial charge in [0.1, 0.15) is 5.69 Å². The summed E-state index contributed by atoms with van der Waals surface area (Å²) in [5, 5.41) is 0. The zero-order chi connectivity index (χ0) is 12.6. The Kier molecular flexibility index (Phi) is 2.75. The summed E-state index contributed by atoms with van der Waals surface area (Å²) in [4.78, 5) is 18.0. The van der Waals surface area contributed by atoms with E-state index in [-0.39, 0.29) is 5.91 Å². The molecule has 0 aliphatic carbocycles. The van der Waals surface area contributed by atoms with Crippen LogP contribution in [0, 0.1) is 6.92 Å². The molecule has 0 radical (unpaired) electrons. The number of hydrogen-bond acceptors (Lipinski definition) is 3. The highest BCUT2D eigenvalue weighted by molar-refractivity contribution is 5.94. The van der Waals surface area contributed by atoms with Crippen molar-refractivity contribution >= 4 is 11.6 Å². The van der Waals surface area contributed by atoms with Gasteiger partial charge in [0.05, 0.1) is 12.8 Å². The van der Waals surface area contributed by atoms with E-state index >= 15 is 0 Å². The summed E-state index contributed by atoms with van der Waals surface area (Å²) in [6.07, 6.45) is 1.81. The number of carbonyl (C=O) groups excluding carboxylic acids is 1. The summed E-state index contributed by atoms with van der Waals surface area (Å²) in [5.74, 6) is 0.594. The summed E-state index contributed by atoms with van der Waals surface area (Å²) >= 11 is 0. The fraction of sp³-hybridized carbons (Fsp3) is 0.333. The lowest BCUT2D eigenvalue weighted by Crippen LogP contribution is -2.23. The minimum absolute atomic E-state index is 0.0664. The molecule has 2 aromatic rings. The SMILES string of the molecule is COc1cccn2c(C(=O)N(C)C)c(C)nc12. The van der Waals surface area contributed by atoms with Crippen LogP contribution < -0.4 is 4.74 Å². The molecular weight excluding hydrogens is 218 g/mol. The molecule has 0 aliphatic rings. The number of aromatic nitrogens is 2. The van der Waals surface area contributed by atoms with Gasteiger partial charge in [0.25, 0.3) is 5.91 Å². The second-order valence-electron chi connectivity index (χ2n) is 4.02. The molecule has 0 saturated heterocycles. The number of methoxy groups -OCH3 is 1. The van der Waals surface area contributed by atoms with Crippen LogP contribution in [0.25, 0.3) is 5.65 Å². The Morgan fingerprint density at radius 1 is 1.47 bits per heavy atom. The maximum absolute atomic E-state index is 12.1. The Hall–Kier alpha value is -2.04. The first kappa shape index (κ1) is 11.4. The first-order valence-electron chi connectivity index (χ1n) is 5.29. The summed E-state index contributed by atoms with van der Waals surface area (Å²) in [6, 6.07) is 3.66. The van der Waals surface area contributed by atoms with Gasteiger partial charge in [0.15, 0.2) is 11.4 Å². The summed E-state index contributed by atoms with van der Waals surface area (Å²) in [6.45, 7) is 1.82. The second-order valence-corrected chi connectivity index (χ2v) is 4.02. The van der Waals surface area contributed by atoms with Gasteiger partial charge in [-0.2, -0.15) is 0 Å². The van der Waals surface area contributed by atoms with Crippen LogP contribution in [0.2, 0.25) is 0 Å². The van der Waals surface area contributed by atoms with Crippen molar-refractivity contribution in [1.29, 1.82) is 0 Å². The molecule has 2 heterocycles. The van der Waals surface area contributed by atoms with Gasteiger partial charge in [-0.15, -0.1) is 0 Å². The number of ether oxygens (including phenoxy) is 1. The molecule has 0 fully saturated rings. The monoisotopic (exact) mass is 233 g/mol. The third kappa shape index (κ3) is 1.73. The molecule has 17 heavy (non-hydrogen) atoms. The Balaban J connectivity index is 2.72. The number of fused-ring (bicyclic) bond motifs is 1. The van der Waals surface area contributed by atoms with E-state index in [9.17, 15) is 4.79 Å². The molecule has 2 rings (SSSR count). The fourth-order valence-electron chi connectivity index (χ4n) is 1.78. The number of rotatable bonds is 2. The molecule has 0 atom stereocenters. The molecule has 0 spiro atoms. The predicted molar refractivity (Wildman–Crippen MR) is 64.5 cm³/mol. The van der Waals surface area contributed by atoms with Crippen LogP contribution in [0.5, 0.6) is 5.75 Å². The third-order valence-corrected chi connectivity index (χ3v) is 2.62. The smallest absolute Gasteiger partial charge is 0.272 e. The predicted octanol–water partition coefficient (Wildman–Crippen LogP) is 1.35. The number of carbonyl (C=O) groups is 1. The number of hydrogen-bond donors (Lipinski definition) is 0. The van der Waals surface area contributed by atoms with E-state index in [0.717, 1.165) is 0 Å². The Bertz CT molecular complexity index is 572. The van der Waals surface area contributed by atoms with Crippen LogP contribution in [0.3, 0.4) is 0 Å². The van der Waals surface area contributed by atoms with Gasteiger partial charge in [0.2, 0.25) is 0 Å². The van der Waals surface area contributed by atoms with Gasteiger partial charge < -0.3 is 9.64 Å². The van der Waals surface area contributed by atoms with Crippen LogP contribution in [0.15, 0.2) is 18.3 Å². The molecule has 0 bridgehead atoms. The maximum Gasteiger partial charge on any atom is 0.272 e. The lowest BCUT2D eigenvalue weighted by molar-refractivity contribution is 0.0820. The van der Waals surface area contributed by atoms with Crippen molar-refractivity contribution < 1.29 is 9.53 Å². The summed E-state index contributed by atoms with van der Waals surface area (Å²) in [5.41, 5.74) is 1.94. The Labute approximate surface area is 99.6 Å². The molecule has 0 aliphatic heterocycles. The minimum atomic E-state index is -0.0664. The van der Waals surface area contributed by atoms with E-state index in [1.54, 1.807) is 25.6 Å². The topological polar surface area (TPSA) is 46.8 Å². The van der Waals surface area contributed by atoms with Crippen molar-refractivity contribution in [3.8, 4) is 5.75 Å². The quantitative estimate of drug-likeness (QED) is 0.786. The molecule has 90 valence electrons. The minimum Gasteiger partial charge on any atom is -0.493 e. The second kappa shape index (κ2) is 4.08. The average Bonchev–Trinajstić information content (AvgIpc) is 2.63. The molecular formula is C12H15N3O2. The number of pyridine rings is 1. The van der Waals surface area contributed by atoms with Crippen molar-refractivity contribution in [2.45, 2.75) is 6.92 Å². The highest BCUT2D eigenvalue weighted by Crippen LogP contribution is 2.21. The number of aryl methyl sites for hydroxylation is 1. The van der Waals surface area contributed by atoms with Gasteiger partial charge >= 0.3 is 0 Å². The highest BCUT2D eigenvalue weighted by Gasteiger charge is 2.19. The van der Waals surface area contributed by atoms with E-state index in [1.165, 1.54) is 4.90 Å². The van der Waals surface area contributed by atoms with Crippen LogP contribution in [0.4, 0.5) is 0 Å². The zero-order valence-corrected chi connectivity index (χ0v) is 10.4.